The second kappa shape index (κ2) is 18.4. The highest BCUT2D eigenvalue weighted by molar-refractivity contribution is 6.03. The number of hydrogen-bond donors (Lipinski definition) is 0. The number of ketones is 1. The van der Waals surface area contributed by atoms with Gasteiger partial charge in [0.05, 0.1) is 44.7 Å². The van der Waals surface area contributed by atoms with Crippen LogP contribution in [0, 0.1) is 11.8 Å². The molecule has 0 saturated heterocycles. The fraction of sp³-hybridized carbons (Fsp3) is 0.553. The first-order valence-electron chi connectivity index (χ1n) is 16.9. The number of nitrogens with zero attached hydrogens (tertiary/aromatic N) is 2. The van der Waals surface area contributed by atoms with Crippen molar-refractivity contribution in [2.24, 2.45) is 16.8 Å². The maximum atomic E-state index is 13.2. The van der Waals surface area contributed by atoms with Gasteiger partial charge in [-0.3, -0.25) is 14.6 Å². The topological polar surface area (TPSA) is 86.7 Å². The van der Waals surface area contributed by atoms with Gasteiger partial charge in [-0.2, -0.15) is 0 Å². The molecule has 0 N–H and O–H groups in total. The zero-order valence-corrected chi connectivity index (χ0v) is 29.2. The van der Waals surface area contributed by atoms with Gasteiger partial charge < -0.3 is 23.8 Å². The van der Waals surface area contributed by atoms with E-state index in [4.69, 9.17) is 18.9 Å². The molecular formula is C38H54N2O6. The van der Waals surface area contributed by atoms with Gasteiger partial charge in [-0.05, 0) is 81.5 Å². The lowest BCUT2D eigenvalue weighted by atomic mass is 9.89. The van der Waals surface area contributed by atoms with Gasteiger partial charge in [-0.25, -0.2) is 0 Å². The molecular weight excluding hydrogens is 580 g/mol. The second-order valence-corrected chi connectivity index (χ2v) is 12.2. The minimum absolute atomic E-state index is 0.00300. The molecule has 0 aromatic heterocycles. The average Bonchev–Trinajstić information content (AvgIpc) is 3.18. The van der Waals surface area contributed by atoms with Crippen molar-refractivity contribution in [2.45, 2.75) is 92.5 Å². The molecule has 2 aromatic carbocycles. The molecule has 0 fully saturated rings. The van der Waals surface area contributed by atoms with Crippen LogP contribution in [0.5, 0.6) is 23.0 Å². The summed E-state index contributed by atoms with van der Waals surface area (Å²) in [5.74, 6) is 3.21. The molecule has 0 aliphatic carbocycles. The quantitative estimate of drug-likeness (QED) is 0.113. The summed E-state index contributed by atoms with van der Waals surface area (Å²) in [4.78, 5) is 32.1. The van der Waals surface area contributed by atoms with Crippen LogP contribution in [0.3, 0.4) is 0 Å². The van der Waals surface area contributed by atoms with Crippen molar-refractivity contribution in [3.63, 3.8) is 0 Å². The number of benzene rings is 2. The zero-order chi connectivity index (χ0) is 33.6. The predicted molar refractivity (Wildman–Crippen MR) is 187 cm³/mol. The van der Waals surface area contributed by atoms with Crippen molar-refractivity contribution < 1.29 is 28.5 Å². The van der Waals surface area contributed by atoms with Gasteiger partial charge in [0, 0.05) is 24.4 Å². The summed E-state index contributed by atoms with van der Waals surface area (Å²) < 4.78 is 23.4. The van der Waals surface area contributed by atoms with Crippen LogP contribution in [-0.4, -0.2) is 62.8 Å². The Bertz CT molecular complexity index is 1370. The molecule has 1 amide bonds. The fourth-order valence-corrected chi connectivity index (χ4v) is 5.71. The van der Waals surface area contributed by atoms with Crippen LogP contribution in [0.1, 0.15) is 113 Å². The van der Waals surface area contributed by atoms with Crippen LogP contribution in [0.2, 0.25) is 0 Å². The number of carbonyl (C=O) groups excluding carboxylic acids is 2. The Balaban J connectivity index is 1.60. The molecule has 1 aliphatic heterocycles. The number of rotatable bonds is 19. The van der Waals surface area contributed by atoms with E-state index in [0.29, 0.717) is 71.4 Å². The van der Waals surface area contributed by atoms with Gasteiger partial charge in [0.25, 0.3) is 5.91 Å². The molecule has 8 nitrogen and oxygen atoms in total. The van der Waals surface area contributed by atoms with E-state index in [0.717, 1.165) is 37.7 Å². The number of methoxy groups -OCH3 is 2. The first kappa shape index (κ1) is 36.7. The summed E-state index contributed by atoms with van der Waals surface area (Å²) in [6, 6.07) is 7.21. The Morgan fingerprint density at radius 1 is 0.913 bits per heavy atom. The first-order chi connectivity index (χ1) is 22.2. The highest BCUT2D eigenvalue weighted by Gasteiger charge is 2.27. The lowest BCUT2D eigenvalue weighted by molar-refractivity contribution is 0.0738. The third-order valence-electron chi connectivity index (χ3n) is 8.61. The Hall–Kier alpha value is -3.81. The molecule has 0 radical (unpaired) electrons. The number of ether oxygens (including phenoxy) is 4. The number of Topliss-reactive ketones (excluding diaryl/α,β-unsaturated/α-hetero) is 1. The van der Waals surface area contributed by atoms with Gasteiger partial charge in [0.2, 0.25) is 0 Å². The zero-order valence-electron chi connectivity index (χ0n) is 29.2. The molecule has 1 heterocycles. The molecule has 0 saturated carbocycles. The third-order valence-corrected chi connectivity index (χ3v) is 8.61. The molecule has 2 aromatic rings. The van der Waals surface area contributed by atoms with Gasteiger partial charge in [0.15, 0.2) is 28.8 Å². The molecule has 8 heteroatoms. The summed E-state index contributed by atoms with van der Waals surface area (Å²) in [5, 5.41) is 0. The van der Waals surface area contributed by atoms with Gasteiger partial charge in [-0.1, -0.05) is 52.7 Å². The molecule has 3 rings (SSSR count). The van der Waals surface area contributed by atoms with Crippen molar-refractivity contribution in [3.05, 3.63) is 47.0 Å². The summed E-state index contributed by atoms with van der Waals surface area (Å²) in [5.41, 5.74) is 2.61. The predicted octanol–water partition coefficient (Wildman–Crippen LogP) is 8.97. The van der Waals surface area contributed by atoms with E-state index in [-0.39, 0.29) is 17.7 Å². The molecule has 0 bridgehead atoms. The van der Waals surface area contributed by atoms with Gasteiger partial charge in [0.1, 0.15) is 0 Å². The minimum Gasteiger partial charge on any atom is -0.493 e. The largest absolute Gasteiger partial charge is 0.493 e. The van der Waals surface area contributed by atoms with Crippen LogP contribution in [0.4, 0.5) is 5.69 Å². The number of fused-ring (bicyclic) bond motifs is 1. The summed E-state index contributed by atoms with van der Waals surface area (Å²) in [6.45, 7) is 13.9. The molecule has 0 spiro atoms. The number of allylic oxidation sites excluding steroid dienone is 1. The summed E-state index contributed by atoms with van der Waals surface area (Å²) in [7, 11) is 3.18. The van der Waals surface area contributed by atoms with Crippen LogP contribution in [0.15, 0.2) is 35.3 Å². The van der Waals surface area contributed by atoms with Crippen LogP contribution >= 0.6 is 0 Å². The van der Waals surface area contributed by atoms with Crippen molar-refractivity contribution in [2.75, 3.05) is 34.0 Å². The maximum absolute atomic E-state index is 13.2. The number of amides is 1. The van der Waals surface area contributed by atoms with E-state index in [1.54, 1.807) is 39.3 Å². The van der Waals surface area contributed by atoms with E-state index in [2.05, 4.69) is 44.8 Å². The minimum atomic E-state index is -0.0471. The Morgan fingerprint density at radius 3 is 2.13 bits per heavy atom. The van der Waals surface area contributed by atoms with E-state index < -0.39 is 0 Å². The van der Waals surface area contributed by atoms with Crippen molar-refractivity contribution >= 4 is 29.7 Å². The van der Waals surface area contributed by atoms with E-state index in [1.807, 2.05) is 24.1 Å². The van der Waals surface area contributed by atoms with E-state index >= 15 is 0 Å². The summed E-state index contributed by atoms with van der Waals surface area (Å²) >= 11 is 0. The normalized spacial score (nSPS) is 15.2. The summed E-state index contributed by atoms with van der Waals surface area (Å²) in [6.07, 6.45) is 13.0. The third kappa shape index (κ3) is 9.60. The SMILES string of the molecule is CCCCC(/C=C\c1cc(OCCCCCOc2cc3c(cc2OC)C(=O)N(CC)C(CC)C=N3)c(OC)cc1C(C)=O)C(C)C. The Labute approximate surface area is 276 Å². The first-order valence-corrected chi connectivity index (χ1v) is 16.9. The lowest BCUT2D eigenvalue weighted by Crippen LogP contribution is -2.39. The van der Waals surface area contributed by atoms with E-state index in [9.17, 15) is 9.59 Å². The molecule has 2 unspecified atom stereocenters. The van der Waals surface area contributed by atoms with Crippen molar-refractivity contribution in [1.29, 1.82) is 0 Å². The van der Waals surface area contributed by atoms with Crippen LogP contribution in [0.25, 0.3) is 6.08 Å². The van der Waals surface area contributed by atoms with Crippen LogP contribution < -0.4 is 18.9 Å². The number of hydrogen-bond acceptors (Lipinski definition) is 7. The van der Waals surface area contributed by atoms with E-state index in [1.165, 1.54) is 12.8 Å². The molecule has 1 aliphatic rings. The van der Waals surface area contributed by atoms with Crippen LogP contribution in [-0.2, 0) is 0 Å². The van der Waals surface area contributed by atoms with Gasteiger partial charge >= 0.3 is 0 Å². The van der Waals surface area contributed by atoms with Gasteiger partial charge in [-0.15, -0.1) is 0 Å². The molecule has 2 atom stereocenters. The second-order valence-electron chi connectivity index (χ2n) is 12.2. The number of carbonyl (C=O) groups is 2. The molecule has 252 valence electrons. The number of unbranched alkanes of at least 4 members (excludes halogenated alkanes) is 3. The Morgan fingerprint density at radius 2 is 1.57 bits per heavy atom. The standard InChI is InChI=1S/C38H54N2O6/c1-9-12-16-28(26(4)5)17-18-29-21-36(34(43-7)22-31(29)27(6)41)45-19-14-13-15-20-46-37-24-33-32(23-35(37)44-8)38(42)40(11-3)30(10-2)25-39-33/h17-18,21-26,28,30H,9-16,19-20H2,1-8H3/b18-17-. The molecule has 46 heavy (non-hydrogen) atoms. The monoisotopic (exact) mass is 634 g/mol. The number of aliphatic imine (C=N–C) groups is 1. The highest BCUT2D eigenvalue weighted by atomic mass is 16.5. The highest BCUT2D eigenvalue weighted by Crippen LogP contribution is 2.37. The fourth-order valence-electron chi connectivity index (χ4n) is 5.71. The Kier molecular flexibility index (Phi) is 14.6. The van der Waals surface area contributed by atoms with Crippen molar-refractivity contribution in [3.8, 4) is 23.0 Å². The van der Waals surface area contributed by atoms with Crippen molar-refractivity contribution in [1.82, 2.24) is 4.90 Å². The average molecular weight is 635 g/mol. The smallest absolute Gasteiger partial charge is 0.256 e. The maximum Gasteiger partial charge on any atom is 0.256 e. The lowest BCUT2D eigenvalue weighted by Gasteiger charge is -2.26.